The van der Waals surface area contributed by atoms with E-state index in [0.29, 0.717) is 0 Å². The first-order valence-electron chi connectivity index (χ1n) is 12.2. The van der Waals surface area contributed by atoms with Gasteiger partial charge in [0.15, 0.2) is 12.2 Å². The number of hydrogen-bond donors (Lipinski definition) is 7. The van der Waals surface area contributed by atoms with Crippen LogP contribution in [0.1, 0.15) is 64.7 Å². The van der Waals surface area contributed by atoms with E-state index in [9.17, 15) is 9.59 Å². The van der Waals surface area contributed by atoms with E-state index in [2.05, 4.69) is 6.92 Å². The van der Waals surface area contributed by atoms with E-state index < -0.39 is 24.1 Å². The SMILES string of the molecule is CCCOCCCCOCCCCO.O=C(O)C(O)C(O)C(=O)O.OCCCCOCCCCO. The molecule has 0 fully saturated rings. The molecule has 212 valence electrons. The Labute approximate surface area is 208 Å². The van der Waals surface area contributed by atoms with Gasteiger partial charge in [0, 0.05) is 59.5 Å². The van der Waals surface area contributed by atoms with Gasteiger partial charge >= 0.3 is 11.9 Å². The van der Waals surface area contributed by atoms with Crippen molar-refractivity contribution in [3.8, 4) is 0 Å². The number of aliphatic hydroxyl groups excluding tert-OH is 5. The number of aliphatic hydroxyl groups is 5. The van der Waals surface area contributed by atoms with Crippen LogP contribution in [0.25, 0.3) is 0 Å². The number of carbonyl (C=O) groups is 2. The quantitative estimate of drug-likeness (QED) is 0.0978. The summed E-state index contributed by atoms with van der Waals surface area (Å²) >= 11 is 0. The summed E-state index contributed by atoms with van der Waals surface area (Å²) in [4.78, 5) is 19.5. The minimum Gasteiger partial charge on any atom is -0.479 e. The number of hydrogen-bond acceptors (Lipinski definition) is 10. The predicted octanol–water partition coefficient (Wildman–Crippen LogP) is 0.408. The molecule has 7 N–H and O–H groups in total. The van der Waals surface area contributed by atoms with Crippen molar-refractivity contribution in [3.05, 3.63) is 0 Å². The zero-order chi connectivity index (χ0) is 27.2. The molecule has 0 heterocycles. The highest BCUT2D eigenvalue weighted by atomic mass is 16.5. The summed E-state index contributed by atoms with van der Waals surface area (Å²) in [6.45, 7) is 7.67. The number of carboxylic acids is 2. The third-order valence-electron chi connectivity index (χ3n) is 4.07. The van der Waals surface area contributed by atoms with Gasteiger partial charge in [0.1, 0.15) is 0 Å². The molecule has 0 aromatic rings. The molecule has 0 aliphatic rings. The van der Waals surface area contributed by atoms with Gasteiger partial charge in [0.2, 0.25) is 0 Å². The molecule has 0 bridgehead atoms. The molecule has 0 aliphatic heterocycles. The summed E-state index contributed by atoms with van der Waals surface area (Å²) in [7, 11) is 0. The number of carboxylic acid groups (broad SMARTS) is 2. The van der Waals surface area contributed by atoms with Crippen molar-refractivity contribution in [1.29, 1.82) is 0 Å². The van der Waals surface area contributed by atoms with Crippen LogP contribution >= 0.6 is 0 Å². The van der Waals surface area contributed by atoms with Gasteiger partial charge in [-0.15, -0.1) is 0 Å². The lowest BCUT2D eigenvalue weighted by Gasteiger charge is -2.07. The first kappa shape index (κ1) is 38.2. The Morgan fingerprint density at radius 2 is 0.800 bits per heavy atom. The average molecular weight is 517 g/mol. The Hall–Kier alpha value is -1.38. The monoisotopic (exact) mass is 516 g/mol. The van der Waals surface area contributed by atoms with E-state index in [0.717, 1.165) is 97.4 Å². The molecule has 0 aromatic heterocycles. The molecule has 0 aliphatic carbocycles. The molecule has 35 heavy (non-hydrogen) atoms. The molecule has 12 nitrogen and oxygen atoms in total. The van der Waals surface area contributed by atoms with Crippen molar-refractivity contribution in [2.75, 3.05) is 59.5 Å². The summed E-state index contributed by atoms with van der Waals surface area (Å²) in [5.41, 5.74) is 0. The molecule has 12 heteroatoms. The van der Waals surface area contributed by atoms with E-state index in [4.69, 9.17) is 50.0 Å². The summed E-state index contributed by atoms with van der Waals surface area (Å²) in [5.74, 6) is -3.54. The minimum atomic E-state index is -2.27. The predicted molar refractivity (Wildman–Crippen MR) is 128 cm³/mol. The van der Waals surface area contributed by atoms with Crippen molar-refractivity contribution in [2.45, 2.75) is 76.9 Å². The number of unbranched alkanes of at least 4 members (excludes halogenated alkanes) is 4. The fourth-order valence-electron chi connectivity index (χ4n) is 2.08. The van der Waals surface area contributed by atoms with Crippen LogP contribution in [0.4, 0.5) is 0 Å². The standard InChI is InChI=1S/C11H24O3.C8H18O3.C4H6O6/c1-2-8-13-10-5-6-11-14-9-4-3-7-12;9-5-1-3-7-11-8-4-2-6-10;5-1(3(7)8)2(6)4(9)10/h12H,2-11H2,1H3;9-10H,1-8H2;1-2,5-6H,(H,7,8)(H,9,10). The van der Waals surface area contributed by atoms with Gasteiger partial charge in [-0.05, 0) is 57.8 Å². The van der Waals surface area contributed by atoms with Crippen LogP contribution in [-0.4, -0.2) is 119 Å². The topological polar surface area (TPSA) is 203 Å². The van der Waals surface area contributed by atoms with Crippen LogP contribution in [0.2, 0.25) is 0 Å². The summed E-state index contributed by atoms with van der Waals surface area (Å²) in [6, 6.07) is 0. The first-order valence-corrected chi connectivity index (χ1v) is 12.2. The maximum Gasteiger partial charge on any atom is 0.335 e. The van der Waals surface area contributed by atoms with Crippen molar-refractivity contribution < 1.29 is 59.5 Å². The van der Waals surface area contributed by atoms with Crippen LogP contribution in [0.3, 0.4) is 0 Å². The van der Waals surface area contributed by atoms with E-state index in [1.165, 1.54) is 0 Å². The average Bonchev–Trinajstić information content (AvgIpc) is 2.84. The van der Waals surface area contributed by atoms with E-state index >= 15 is 0 Å². The van der Waals surface area contributed by atoms with E-state index in [1.807, 2.05) is 0 Å². The number of aliphatic carboxylic acids is 2. The minimum absolute atomic E-state index is 0.250. The molecule has 0 rings (SSSR count). The lowest BCUT2D eigenvalue weighted by atomic mass is 10.2. The fourth-order valence-corrected chi connectivity index (χ4v) is 2.08. The summed E-state index contributed by atoms with van der Waals surface area (Å²) < 4.78 is 15.9. The van der Waals surface area contributed by atoms with Crippen LogP contribution in [0.15, 0.2) is 0 Å². The Kier molecular flexibility index (Phi) is 35.6. The van der Waals surface area contributed by atoms with Crippen molar-refractivity contribution >= 4 is 11.9 Å². The second-order valence-electron chi connectivity index (χ2n) is 7.40. The molecule has 0 aromatic carbocycles. The Morgan fingerprint density at radius 3 is 1.03 bits per heavy atom. The second kappa shape index (κ2) is 32.6. The summed E-state index contributed by atoms with van der Waals surface area (Å²) in [5, 5.41) is 57.9. The molecule has 0 amide bonds. The van der Waals surface area contributed by atoms with Crippen molar-refractivity contribution in [3.63, 3.8) is 0 Å². The maximum atomic E-state index is 9.77. The van der Waals surface area contributed by atoms with Crippen LogP contribution < -0.4 is 0 Å². The van der Waals surface area contributed by atoms with Crippen LogP contribution in [-0.2, 0) is 23.8 Å². The zero-order valence-electron chi connectivity index (χ0n) is 21.1. The molecule has 0 saturated carbocycles. The molecule has 2 unspecified atom stereocenters. The first-order chi connectivity index (χ1) is 16.8. The number of ether oxygens (including phenoxy) is 3. The van der Waals surface area contributed by atoms with Gasteiger partial charge in [-0.2, -0.15) is 0 Å². The van der Waals surface area contributed by atoms with Crippen molar-refractivity contribution in [1.82, 2.24) is 0 Å². The molecule has 0 saturated heterocycles. The molecule has 0 radical (unpaired) electrons. The van der Waals surface area contributed by atoms with Crippen LogP contribution in [0.5, 0.6) is 0 Å². The van der Waals surface area contributed by atoms with Crippen LogP contribution in [0, 0.1) is 0 Å². The number of rotatable bonds is 22. The Morgan fingerprint density at radius 1 is 0.543 bits per heavy atom. The molecular weight excluding hydrogens is 468 g/mol. The van der Waals surface area contributed by atoms with E-state index in [1.54, 1.807) is 0 Å². The fraction of sp³-hybridized carbons (Fsp3) is 0.913. The third kappa shape index (κ3) is 34.9. The summed E-state index contributed by atoms with van der Waals surface area (Å²) in [6.07, 6.45) is 4.02. The largest absolute Gasteiger partial charge is 0.479 e. The van der Waals surface area contributed by atoms with Gasteiger partial charge in [-0.3, -0.25) is 0 Å². The third-order valence-corrected chi connectivity index (χ3v) is 4.07. The van der Waals surface area contributed by atoms with Gasteiger partial charge < -0.3 is 50.0 Å². The van der Waals surface area contributed by atoms with Gasteiger partial charge in [-0.1, -0.05) is 6.92 Å². The normalized spacial score (nSPS) is 12.1. The van der Waals surface area contributed by atoms with Gasteiger partial charge in [0.05, 0.1) is 0 Å². The lowest BCUT2D eigenvalue weighted by molar-refractivity contribution is -0.165. The van der Waals surface area contributed by atoms with Crippen molar-refractivity contribution in [2.24, 2.45) is 0 Å². The maximum absolute atomic E-state index is 9.77. The highest BCUT2D eigenvalue weighted by Gasteiger charge is 2.29. The Balaban J connectivity index is -0.000000447. The second-order valence-corrected chi connectivity index (χ2v) is 7.40. The molecule has 0 spiro atoms. The van der Waals surface area contributed by atoms with Gasteiger partial charge in [-0.25, -0.2) is 9.59 Å². The molecule has 2 atom stereocenters. The van der Waals surface area contributed by atoms with Gasteiger partial charge in [0.25, 0.3) is 0 Å². The lowest BCUT2D eigenvalue weighted by Crippen LogP contribution is -2.39. The van der Waals surface area contributed by atoms with E-state index in [-0.39, 0.29) is 19.8 Å². The smallest absolute Gasteiger partial charge is 0.335 e. The zero-order valence-corrected chi connectivity index (χ0v) is 21.1. The Bertz CT molecular complexity index is 399. The highest BCUT2D eigenvalue weighted by Crippen LogP contribution is 1.95. The molecular formula is C23H48O12. The highest BCUT2D eigenvalue weighted by molar-refractivity contribution is 5.83.